The molecule has 2 unspecified atom stereocenters. The second-order valence-electron chi connectivity index (χ2n) is 24.6. The first kappa shape index (κ1) is 77.1. The van der Waals surface area contributed by atoms with Crippen molar-refractivity contribution in [1.29, 1.82) is 0 Å². The Morgan fingerprint density at radius 1 is 0.354 bits per heavy atom. The minimum Gasteiger partial charge on any atom is -0.466 e. The molecule has 6 nitrogen and oxygen atoms in total. The molecule has 0 heterocycles. The van der Waals surface area contributed by atoms with Gasteiger partial charge in [-0.3, -0.25) is 9.59 Å². The molecule has 79 heavy (non-hydrogen) atoms. The Bertz CT molecular complexity index is 1280. The van der Waals surface area contributed by atoms with Gasteiger partial charge in [-0.15, -0.1) is 0 Å². The monoisotopic (exact) mass is 1110 g/mol. The van der Waals surface area contributed by atoms with Gasteiger partial charge in [-0.05, 0) is 83.5 Å². The summed E-state index contributed by atoms with van der Waals surface area (Å²) in [7, 11) is 0. The van der Waals surface area contributed by atoms with Gasteiger partial charge in [-0.1, -0.05) is 333 Å². The standard InChI is InChI=1S/C73H139NO5/c1-3-5-7-9-11-13-15-17-19-20-34-38-41-45-49-53-57-61-65-71(76)70(69-75)74-72(77)66-62-58-54-50-46-42-39-35-32-30-28-26-24-22-21-23-25-27-29-31-33-36-40-44-48-52-56-60-64-68-79-73(78)67-63-59-55-51-47-43-37-18-16-14-12-10-8-6-4-2/h12,14,18,21,23,37,70-71,75-76H,3-11,13,15-17,19-20,22,24-36,38-69H2,1-2H3,(H,74,77)/b14-12-,23-21-,37-18-. The number of carbonyl (C=O) groups excluding carboxylic acids is 2. The maximum atomic E-state index is 12.5. The van der Waals surface area contributed by atoms with Crippen LogP contribution in [0.4, 0.5) is 0 Å². The Kier molecular flexibility index (Phi) is 66.9. The van der Waals surface area contributed by atoms with Crippen molar-refractivity contribution in [3.63, 3.8) is 0 Å². The van der Waals surface area contributed by atoms with Crippen LogP contribution < -0.4 is 5.32 Å². The molecule has 0 spiro atoms. The van der Waals surface area contributed by atoms with Crippen molar-refractivity contribution in [3.05, 3.63) is 36.5 Å². The topological polar surface area (TPSA) is 95.9 Å². The van der Waals surface area contributed by atoms with Gasteiger partial charge in [-0.25, -0.2) is 0 Å². The first-order valence-electron chi connectivity index (χ1n) is 35.7. The van der Waals surface area contributed by atoms with Crippen molar-refractivity contribution in [3.8, 4) is 0 Å². The number of amides is 1. The van der Waals surface area contributed by atoms with Crippen molar-refractivity contribution in [2.75, 3.05) is 13.2 Å². The van der Waals surface area contributed by atoms with Gasteiger partial charge in [0.2, 0.25) is 5.91 Å². The van der Waals surface area contributed by atoms with Gasteiger partial charge in [0.1, 0.15) is 0 Å². The van der Waals surface area contributed by atoms with Crippen LogP contribution in [0.5, 0.6) is 0 Å². The zero-order valence-electron chi connectivity index (χ0n) is 53.4. The van der Waals surface area contributed by atoms with E-state index in [1.807, 2.05) is 0 Å². The molecule has 2 atom stereocenters. The van der Waals surface area contributed by atoms with Crippen LogP contribution >= 0.6 is 0 Å². The van der Waals surface area contributed by atoms with E-state index in [-0.39, 0.29) is 18.5 Å². The van der Waals surface area contributed by atoms with Crippen molar-refractivity contribution >= 4 is 11.9 Å². The minimum absolute atomic E-state index is 0.00289. The Hall–Kier alpha value is -1.92. The molecular weight excluding hydrogens is 971 g/mol. The minimum atomic E-state index is -0.664. The number of esters is 1. The molecule has 0 aliphatic heterocycles. The third-order valence-electron chi connectivity index (χ3n) is 16.7. The quantitative estimate of drug-likeness (QED) is 0.0320. The number of aliphatic hydroxyl groups excluding tert-OH is 2. The third kappa shape index (κ3) is 65.1. The molecule has 0 aromatic rings. The van der Waals surface area contributed by atoms with Crippen molar-refractivity contribution in [2.24, 2.45) is 0 Å². The van der Waals surface area contributed by atoms with Gasteiger partial charge < -0.3 is 20.3 Å². The third-order valence-corrected chi connectivity index (χ3v) is 16.7. The van der Waals surface area contributed by atoms with Crippen LogP contribution in [0.3, 0.4) is 0 Å². The summed E-state index contributed by atoms with van der Waals surface area (Å²) in [6.45, 7) is 4.95. The molecule has 0 aromatic heterocycles. The number of ether oxygens (including phenoxy) is 1. The second kappa shape index (κ2) is 68.6. The Balaban J connectivity index is 3.37. The zero-order valence-corrected chi connectivity index (χ0v) is 53.4. The average Bonchev–Trinajstić information content (AvgIpc) is 3.45. The molecule has 0 fully saturated rings. The summed E-state index contributed by atoms with van der Waals surface area (Å²) in [5, 5.41) is 23.4. The molecular formula is C73H139NO5. The number of allylic oxidation sites excluding steroid dienone is 6. The molecule has 1 amide bonds. The molecule has 0 aliphatic carbocycles. The summed E-state index contributed by atoms with van der Waals surface area (Å²) in [5.74, 6) is -0.0279. The number of rotatable bonds is 67. The van der Waals surface area contributed by atoms with Crippen LogP contribution in [0.15, 0.2) is 36.5 Å². The van der Waals surface area contributed by atoms with Gasteiger partial charge in [0.15, 0.2) is 0 Å². The van der Waals surface area contributed by atoms with Gasteiger partial charge in [0.25, 0.3) is 0 Å². The number of hydrogen-bond donors (Lipinski definition) is 3. The molecule has 0 radical (unpaired) electrons. The number of aliphatic hydroxyl groups is 2. The van der Waals surface area contributed by atoms with Crippen LogP contribution in [-0.4, -0.2) is 47.4 Å². The Labute approximate surface area is 494 Å². The molecule has 0 saturated carbocycles. The van der Waals surface area contributed by atoms with Gasteiger partial charge in [-0.2, -0.15) is 0 Å². The molecule has 3 N–H and O–H groups in total. The van der Waals surface area contributed by atoms with E-state index in [1.165, 1.54) is 308 Å². The highest BCUT2D eigenvalue weighted by atomic mass is 16.5. The lowest BCUT2D eigenvalue weighted by molar-refractivity contribution is -0.143. The first-order chi connectivity index (χ1) is 39.0. The lowest BCUT2D eigenvalue weighted by atomic mass is 10.0. The van der Waals surface area contributed by atoms with Crippen LogP contribution in [0.25, 0.3) is 0 Å². The maximum Gasteiger partial charge on any atom is 0.305 e. The zero-order chi connectivity index (χ0) is 57.1. The number of nitrogens with one attached hydrogen (secondary N) is 1. The molecule has 6 heteroatoms. The van der Waals surface area contributed by atoms with Crippen LogP contribution in [0.2, 0.25) is 0 Å². The number of hydrogen-bond acceptors (Lipinski definition) is 5. The van der Waals surface area contributed by atoms with E-state index in [0.29, 0.717) is 25.9 Å². The molecule has 0 bridgehead atoms. The SMILES string of the molecule is CCCCC/C=C\C/C=C\CCCCCCCC(=O)OCCCCCCCCCCCCCC/C=C\CCCCCCCCCCCCCCCC(=O)NC(CO)C(O)CCCCCCCCCCCCCCCCCCCC. The van der Waals surface area contributed by atoms with E-state index >= 15 is 0 Å². The van der Waals surface area contributed by atoms with E-state index in [4.69, 9.17) is 4.74 Å². The first-order valence-corrected chi connectivity index (χ1v) is 35.7. The number of carbonyl (C=O) groups is 2. The average molecular weight is 1110 g/mol. The fourth-order valence-corrected chi connectivity index (χ4v) is 11.2. The fraction of sp³-hybridized carbons (Fsp3) is 0.890. The van der Waals surface area contributed by atoms with Crippen molar-refractivity contribution in [1.82, 2.24) is 5.32 Å². The molecule has 0 saturated heterocycles. The van der Waals surface area contributed by atoms with E-state index in [2.05, 4.69) is 55.6 Å². The van der Waals surface area contributed by atoms with Crippen molar-refractivity contribution < 1.29 is 24.5 Å². The number of unbranched alkanes of at least 4 members (excludes halogenated alkanes) is 50. The molecule has 0 rings (SSSR count). The summed E-state index contributed by atoms with van der Waals surface area (Å²) >= 11 is 0. The Morgan fingerprint density at radius 2 is 0.633 bits per heavy atom. The van der Waals surface area contributed by atoms with E-state index in [1.54, 1.807) is 0 Å². The highest BCUT2D eigenvalue weighted by molar-refractivity contribution is 5.76. The summed E-state index contributed by atoms with van der Waals surface area (Å²) in [6, 6.07) is -0.542. The lowest BCUT2D eigenvalue weighted by Crippen LogP contribution is -2.45. The summed E-state index contributed by atoms with van der Waals surface area (Å²) in [5.41, 5.74) is 0. The van der Waals surface area contributed by atoms with Crippen LogP contribution in [0.1, 0.15) is 393 Å². The maximum absolute atomic E-state index is 12.5. The normalized spacial score (nSPS) is 12.7. The van der Waals surface area contributed by atoms with E-state index < -0.39 is 12.1 Å². The van der Waals surface area contributed by atoms with Crippen molar-refractivity contribution in [2.45, 2.75) is 405 Å². The van der Waals surface area contributed by atoms with Crippen LogP contribution in [0, 0.1) is 0 Å². The summed E-state index contributed by atoms with van der Waals surface area (Å²) in [6.07, 6.45) is 87.6. The summed E-state index contributed by atoms with van der Waals surface area (Å²) < 4.78 is 5.49. The van der Waals surface area contributed by atoms with Crippen LogP contribution in [-0.2, 0) is 14.3 Å². The largest absolute Gasteiger partial charge is 0.466 e. The smallest absolute Gasteiger partial charge is 0.305 e. The Morgan fingerprint density at radius 3 is 1.00 bits per heavy atom. The predicted octanol–water partition coefficient (Wildman–Crippen LogP) is 23.1. The molecule has 0 aromatic carbocycles. The fourth-order valence-electron chi connectivity index (χ4n) is 11.2. The highest BCUT2D eigenvalue weighted by Crippen LogP contribution is 2.19. The predicted molar refractivity (Wildman–Crippen MR) is 347 cm³/mol. The van der Waals surface area contributed by atoms with E-state index in [9.17, 15) is 19.8 Å². The van der Waals surface area contributed by atoms with Gasteiger partial charge >= 0.3 is 5.97 Å². The molecule has 466 valence electrons. The second-order valence-corrected chi connectivity index (χ2v) is 24.6. The van der Waals surface area contributed by atoms with Gasteiger partial charge in [0.05, 0.1) is 25.4 Å². The van der Waals surface area contributed by atoms with E-state index in [0.717, 1.165) is 51.4 Å². The summed E-state index contributed by atoms with van der Waals surface area (Å²) in [4.78, 5) is 24.6. The lowest BCUT2D eigenvalue weighted by Gasteiger charge is -2.22. The highest BCUT2D eigenvalue weighted by Gasteiger charge is 2.20. The van der Waals surface area contributed by atoms with Gasteiger partial charge in [0, 0.05) is 12.8 Å². The molecule has 0 aliphatic rings.